The predicted molar refractivity (Wildman–Crippen MR) is 618 cm³/mol. The highest BCUT2D eigenvalue weighted by Crippen LogP contribution is 2.46. The third kappa shape index (κ3) is 15.8. The molecule has 0 aliphatic carbocycles. The summed E-state index contributed by atoms with van der Waals surface area (Å²) in [5.41, 5.74) is 17.3. The highest BCUT2D eigenvalue weighted by molar-refractivity contribution is 14.1. The number of halogens is 2. The van der Waals surface area contributed by atoms with Gasteiger partial charge >= 0.3 is 0 Å². The minimum Gasteiger partial charge on any atom is -0.455 e. The monoisotopic (exact) mass is 2010 g/mol. The number of rotatable bonds is 10. The first kappa shape index (κ1) is 87.9. The molecule has 0 aliphatic heterocycles. The van der Waals surface area contributed by atoms with E-state index in [-0.39, 0.29) is 0 Å². The first-order valence-electron chi connectivity index (χ1n) is 49.9. The van der Waals surface area contributed by atoms with Crippen molar-refractivity contribution in [2.45, 2.75) is 91.9 Å². The van der Waals surface area contributed by atoms with Gasteiger partial charge in [0.15, 0.2) is 0 Å². The van der Waals surface area contributed by atoms with Crippen LogP contribution in [0.2, 0.25) is 0 Å². The highest BCUT2D eigenvalue weighted by Gasteiger charge is 2.21. The molecule has 0 spiro atoms. The van der Waals surface area contributed by atoms with Gasteiger partial charge in [-0.25, -0.2) is 0 Å². The van der Waals surface area contributed by atoms with Crippen molar-refractivity contribution in [3.8, 4) is 0 Å². The van der Waals surface area contributed by atoms with Crippen molar-refractivity contribution < 1.29 is 26.5 Å². The fraction of sp³-hybridized carbons (Fsp3) is 0.104. The van der Waals surface area contributed by atoms with Gasteiger partial charge in [0.05, 0.1) is 0 Å². The molecule has 684 valence electrons. The van der Waals surface area contributed by atoms with Crippen LogP contribution in [-0.2, 0) is 25.7 Å². The summed E-state index contributed by atoms with van der Waals surface area (Å²) in [6.07, 6.45) is 12.0. The van der Waals surface area contributed by atoms with Crippen LogP contribution in [0.15, 0.2) is 431 Å². The van der Waals surface area contributed by atoms with E-state index in [9.17, 15) is 0 Å². The van der Waals surface area contributed by atoms with Gasteiger partial charge in [-0.2, -0.15) is 0 Å². The lowest BCUT2D eigenvalue weighted by atomic mass is 9.97. The van der Waals surface area contributed by atoms with Crippen molar-refractivity contribution in [1.29, 1.82) is 0 Å². The molecule has 6 nitrogen and oxygen atoms in total. The van der Waals surface area contributed by atoms with Crippen molar-refractivity contribution in [2.75, 3.05) is 0 Å². The van der Waals surface area contributed by atoms with Gasteiger partial charge < -0.3 is 26.5 Å². The summed E-state index contributed by atoms with van der Waals surface area (Å²) in [6.45, 7) is 8.92. The molecule has 30 aromatic rings. The lowest BCUT2D eigenvalue weighted by molar-refractivity contribution is 0.672. The first-order chi connectivity index (χ1) is 70.0. The Labute approximate surface area is 841 Å². The Balaban J connectivity index is 0.0000000896. The zero-order valence-electron chi connectivity index (χ0n) is 79.4. The summed E-state index contributed by atoms with van der Waals surface area (Å²) < 4.78 is 39.4. The molecule has 0 atom stereocenters. The molecule has 30 rings (SSSR count). The van der Waals surface area contributed by atoms with Crippen LogP contribution in [0.1, 0.15) is 88.5 Å². The van der Waals surface area contributed by atoms with Gasteiger partial charge in [-0.3, -0.25) is 0 Å². The zero-order chi connectivity index (χ0) is 95.2. The maximum absolute atomic E-state index is 6.20. The Bertz CT molecular complexity index is 10100. The van der Waals surface area contributed by atoms with E-state index in [4.69, 9.17) is 26.5 Å². The average Bonchev–Trinajstić information content (AvgIpc) is 1.58. The normalized spacial score (nSPS) is 11.9. The lowest BCUT2D eigenvalue weighted by Crippen LogP contribution is -1.86. The van der Waals surface area contributed by atoms with Crippen molar-refractivity contribution in [3.05, 3.63) is 431 Å². The Morgan fingerprint density at radius 3 is 0.683 bits per heavy atom. The molecule has 142 heavy (non-hydrogen) atoms. The Morgan fingerprint density at radius 2 is 0.394 bits per heavy atom. The molecule has 0 bridgehead atoms. The molecule has 0 saturated carbocycles. The molecule has 0 N–H and O–H groups in total. The van der Waals surface area contributed by atoms with E-state index in [1.807, 2.05) is 72.8 Å². The predicted octanol–water partition coefficient (Wildman–Crippen LogP) is 41.3. The van der Waals surface area contributed by atoms with Gasteiger partial charge in [0.25, 0.3) is 0 Å². The van der Waals surface area contributed by atoms with Crippen LogP contribution in [0.25, 0.3) is 261 Å². The third-order valence-electron chi connectivity index (χ3n) is 29.2. The molecule has 0 radical (unpaired) electrons. The van der Waals surface area contributed by atoms with E-state index in [1.165, 1.54) is 265 Å². The number of fused-ring (bicyclic) bond motifs is 42. The second-order valence-electron chi connectivity index (χ2n) is 37.8. The van der Waals surface area contributed by atoms with Crippen LogP contribution in [0.4, 0.5) is 0 Å². The van der Waals surface area contributed by atoms with Crippen LogP contribution >= 0.6 is 38.5 Å². The number of unbranched alkanes of at least 4 members (excludes halogenated alkanes) is 3. The SMILES string of the molecule is Brc1ccc2c(ccc3c2ccc2c4ccccc4oc23)c1.CCCCCc1ccc2c(ccc3c2ccc2c4ccccc4oc23)c1.CCCCc1ccc2c(ccc3c2ccc2c4ccccc4oc23)c1.CCCc1ccc2c(ccc3c2ccc2c4ccccc4oc23)c1.CCc1ccc2c(ccc3c2ccc2c4ccccc4oc23)c1.Ic1ccc2c(ccc3c2ccc2c4ccccc4oc23)c1. The van der Waals surface area contributed by atoms with Crippen LogP contribution < -0.4 is 0 Å². The van der Waals surface area contributed by atoms with Crippen molar-refractivity contribution in [3.63, 3.8) is 0 Å². The van der Waals surface area contributed by atoms with E-state index < -0.39 is 0 Å². The lowest BCUT2D eigenvalue weighted by Gasteiger charge is -2.07. The van der Waals surface area contributed by atoms with E-state index in [0.29, 0.717) is 0 Å². The number of para-hydroxylation sites is 6. The van der Waals surface area contributed by atoms with Gasteiger partial charge in [0.2, 0.25) is 0 Å². The smallest absolute Gasteiger partial charge is 0.143 e. The van der Waals surface area contributed by atoms with E-state index in [1.54, 1.807) is 0 Å². The summed E-state index contributed by atoms with van der Waals surface area (Å²) in [7, 11) is 0. The van der Waals surface area contributed by atoms with Crippen LogP contribution in [0, 0.1) is 3.57 Å². The second kappa shape index (κ2) is 37.2. The first-order valence-corrected chi connectivity index (χ1v) is 51.8. The van der Waals surface area contributed by atoms with Gasteiger partial charge in [-0.15, -0.1) is 0 Å². The van der Waals surface area contributed by atoms with Gasteiger partial charge in [-0.05, 0) is 314 Å². The summed E-state index contributed by atoms with van der Waals surface area (Å²) in [6, 6.07) is 143. The van der Waals surface area contributed by atoms with Crippen LogP contribution in [-0.4, -0.2) is 0 Å². The molecule has 6 aromatic heterocycles. The molecule has 6 heterocycles. The van der Waals surface area contributed by atoms with Gasteiger partial charge in [0.1, 0.15) is 67.0 Å². The molecule has 8 heteroatoms. The van der Waals surface area contributed by atoms with Crippen molar-refractivity contribution in [1.82, 2.24) is 0 Å². The maximum Gasteiger partial charge on any atom is 0.143 e. The molecule has 24 aromatic carbocycles. The molecule has 0 fully saturated rings. The average molecular weight is 2010 g/mol. The number of aryl methyl sites for hydroxylation is 4. The molecular formula is C134H98BrIO6. The number of benzene rings is 24. The van der Waals surface area contributed by atoms with Crippen LogP contribution in [0.3, 0.4) is 0 Å². The van der Waals surface area contributed by atoms with Crippen molar-refractivity contribution in [2.24, 2.45) is 0 Å². The quantitative estimate of drug-likeness (QED) is 0.0771. The Hall–Kier alpha value is -15.6. The van der Waals surface area contributed by atoms with Gasteiger partial charge in [0, 0.05) is 105 Å². The zero-order valence-corrected chi connectivity index (χ0v) is 83.1. The molecule has 0 saturated heterocycles. The van der Waals surface area contributed by atoms with Gasteiger partial charge in [-0.1, -0.05) is 336 Å². The minimum absolute atomic E-state index is 0.945. The molecule has 0 aliphatic rings. The summed E-state index contributed by atoms with van der Waals surface area (Å²) in [5, 5.41) is 44.4. The second-order valence-corrected chi connectivity index (χ2v) is 40.0. The molecular weight excluding hydrogens is 1910 g/mol. The fourth-order valence-corrected chi connectivity index (χ4v) is 22.9. The number of hydrogen-bond donors (Lipinski definition) is 0. The molecule has 0 unspecified atom stereocenters. The Kier molecular flexibility index (Phi) is 23.0. The van der Waals surface area contributed by atoms with E-state index >= 15 is 0 Å². The molecule has 0 amide bonds. The number of hydrogen-bond acceptors (Lipinski definition) is 6. The fourth-order valence-electron chi connectivity index (χ4n) is 22.0. The summed E-state index contributed by atoms with van der Waals surface area (Å²) in [4.78, 5) is 0. The third-order valence-corrected chi connectivity index (χ3v) is 30.3. The largest absolute Gasteiger partial charge is 0.455 e. The van der Waals surface area contributed by atoms with E-state index in [0.717, 1.165) is 90.7 Å². The summed E-state index contributed by atoms with van der Waals surface area (Å²) in [5.74, 6) is 0. The van der Waals surface area contributed by atoms with E-state index in [2.05, 4.69) is 394 Å². The summed E-state index contributed by atoms with van der Waals surface area (Å²) >= 11 is 5.90. The maximum atomic E-state index is 6.20. The van der Waals surface area contributed by atoms with Crippen molar-refractivity contribution >= 4 is 299 Å². The standard InChI is InChI=1S/C25H22O.C24H20O.C23H18O.C22H16O.C20H11BrO.C20H11IO/c1-2-3-4-7-17-10-12-19-18(16-17)11-13-22-20(19)14-15-23-21-8-5-6-9-24(21)26-25(22)23;1-2-3-6-16-9-11-18-17(15-16)10-12-21-19(18)13-14-22-20-7-4-5-8-23(20)25-24(21)22;1-2-5-15-8-10-17-16(14-15)9-11-20-18(17)12-13-21-19-6-3-4-7-22(19)24-23(20)21;1-2-14-7-9-16-15(13-14)8-10-19-17(16)11-12-20-18-5-3-4-6-21(18)23-22(19)20;2*21-13-6-8-14-12(11-13)5-7-17-15(14)9-10-18-16-3-1-2-4-19(16)22-20(17)18/h5-6,8-16H,2-4,7H2,1H3;4-5,7-15H,2-3,6H2,1H3;3-4,6-14H,2,5H2,1H3;3-13H,2H2,1H3;2*1-11H. The Morgan fingerprint density at radius 1 is 0.176 bits per heavy atom. The topological polar surface area (TPSA) is 78.8 Å². The minimum atomic E-state index is 0.945. The van der Waals surface area contributed by atoms with Crippen LogP contribution in [0.5, 0.6) is 0 Å². The highest BCUT2D eigenvalue weighted by atomic mass is 127. The number of furan rings is 6.